The Balaban J connectivity index is 1.78. The highest BCUT2D eigenvalue weighted by molar-refractivity contribution is 7.89. The third kappa shape index (κ3) is 3.99. The highest BCUT2D eigenvalue weighted by Crippen LogP contribution is 2.34. The number of halogens is 2. The molecule has 2 aromatic heterocycles. The minimum atomic E-state index is -3.73. The van der Waals surface area contributed by atoms with E-state index in [0.717, 1.165) is 22.5 Å². The Morgan fingerprint density at radius 1 is 1.17 bits per heavy atom. The van der Waals surface area contributed by atoms with Gasteiger partial charge < -0.3 is 0 Å². The van der Waals surface area contributed by atoms with E-state index < -0.39 is 10.0 Å². The van der Waals surface area contributed by atoms with Gasteiger partial charge in [-0.1, -0.05) is 47.5 Å². The predicted molar refractivity (Wildman–Crippen MR) is 96.1 cm³/mol. The molecule has 9 heteroatoms. The summed E-state index contributed by atoms with van der Waals surface area (Å²) in [4.78, 5) is 0.00345. The molecule has 0 unspecified atom stereocenters. The zero-order valence-electron chi connectivity index (χ0n) is 12.3. The molecule has 0 saturated carbocycles. The summed E-state index contributed by atoms with van der Waals surface area (Å²) in [7, 11) is -3.73. The molecule has 3 rings (SSSR count). The topological polar surface area (TPSA) is 64.0 Å². The quantitative estimate of drug-likeness (QED) is 0.683. The van der Waals surface area contributed by atoms with Gasteiger partial charge in [-0.3, -0.25) is 4.68 Å². The number of hydrogen-bond acceptors (Lipinski definition) is 4. The van der Waals surface area contributed by atoms with Crippen LogP contribution in [0.1, 0.15) is 11.1 Å². The third-order valence-electron chi connectivity index (χ3n) is 3.38. The van der Waals surface area contributed by atoms with Crippen molar-refractivity contribution in [2.24, 2.45) is 0 Å². The van der Waals surface area contributed by atoms with E-state index in [9.17, 15) is 8.42 Å². The SMILES string of the molecule is O=S(=O)(NCc1ccccc1Cn1cccn1)c1cc(Cl)sc1Cl. The maximum Gasteiger partial charge on any atom is 0.243 e. The number of nitrogens with one attached hydrogen (secondary N) is 1. The van der Waals surface area contributed by atoms with Crippen molar-refractivity contribution in [2.75, 3.05) is 0 Å². The molecule has 1 aromatic carbocycles. The molecule has 0 amide bonds. The molecule has 126 valence electrons. The molecule has 5 nitrogen and oxygen atoms in total. The summed E-state index contributed by atoms with van der Waals surface area (Å²) >= 11 is 12.8. The van der Waals surface area contributed by atoms with Gasteiger partial charge in [0, 0.05) is 18.9 Å². The van der Waals surface area contributed by atoms with E-state index in [1.54, 1.807) is 10.9 Å². The van der Waals surface area contributed by atoms with E-state index >= 15 is 0 Å². The molecule has 24 heavy (non-hydrogen) atoms. The standard InChI is InChI=1S/C15H13Cl2N3O2S2/c16-14-8-13(15(17)23-14)24(21,22)19-9-11-4-1-2-5-12(11)10-20-7-3-6-18-20/h1-8,19H,9-10H2. The molecule has 0 aliphatic carbocycles. The van der Waals surface area contributed by atoms with E-state index in [1.807, 2.05) is 36.5 Å². The molecule has 0 fully saturated rings. The fourth-order valence-electron chi connectivity index (χ4n) is 2.21. The number of hydrogen-bond donors (Lipinski definition) is 1. The molecule has 3 aromatic rings. The Morgan fingerprint density at radius 3 is 2.54 bits per heavy atom. The van der Waals surface area contributed by atoms with Crippen LogP contribution in [0.2, 0.25) is 8.67 Å². The van der Waals surface area contributed by atoms with Gasteiger partial charge in [-0.25, -0.2) is 13.1 Å². The Labute approximate surface area is 153 Å². The van der Waals surface area contributed by atoms with E-state index in [1.165, 1.54) is 6.07 Å². The van der Waals surface area contributed by atoms with Crippen LogP contribution >= 0.6 is 34.5 Å². The average Bonchev–Trinajstić information content (AvgIpc) is 3.16. The summed E-state index contributed by atoms with van der Waals surface area (Å²) in [5.41, 5.74) is 1.85. The second kappa shape index (κ2) is 7.25. The summed E-state index contributed by atoms with van der Waals surface area (Å²) in [6.07, 6.45) is 3.56. The monoisotopic (exact) mass is 401 g/mol. The third-order valence-corrected chi connectivity index (χ3v) is 6.53. The minimum absolute atomic E-state index is 0.00345. The van der Waals surface area contributed by atoms with Crippen LogP contribution in [0.5, 0.6) is 0 Å². The maximum atomic E-state index is 12.4. The first-order valence-corrected chi connectivity index (χ1v) is 10.00. The average molecular weight is 402 g/mol. The smallest absolute Gasteiger partial charge is 0.243 e. The number of rotatable bonds is 6. The number of nitrogens with zero attached hydrogens (tertiary/aromatic N) is 2. The molecular weight excluding hydrogens is 389 g/mol. The fraction of sp³-hybridized carbons (Fsp3) is 0.133. The van der Waals surface area contributed by atoms with Gasteiger partial charge in [-0.2, -0.15) is 5.10 Å². The molecule has 1 N–H and O–H groups in total. The number of sulfonamides is 1. The normalized spacial score (nSPS) is 11.8. The van der Waals surface area contributed by atoms with Gasteiger partial charge in [0.05, 0.1) is 10.9 Å². The van der Waals surface area contributed by atoms with E-state index in [-0.39, 0.29) is 15.8 Å². The lowest BCUT2D eigenvalue weighted by atomic mass is 10.1. The van der Waals surface area contributed by atoms with Crippen LogP contribution < -0.4 is 4.72 Å². The Kier molecular flexibility index (Phi) is 5.27. The van der Waals surface area contributed by atoms with Gasteiger partial charge in [-0.15, -0.1) is 11.3 Å². The molecule has 0 atom stereocenters. The zero-order chi connectivity index (χ0) is 17.2. The molecule has 0 bridgehead atoms. The van der Waals surface area contributed by atoms with Crippen LogP contribution in [0.4, 0.5) is 0 Å². The van der Waals surface area contributed by atoms with Crippen LogP contribution in [-0.4, -0.2) is 18.2 Å². The molecule has 0 aliphatic heterocycles. The molecule has 0 aliphatic rings. The van der Waals surface area contributed by atoms with Crippen LogP contribution in [0.3, 0.4) is 0 Å². The van der Waals surface area contributed by atoms with E-state index in [4.69, 9.17) is 23.2 Å². The van der Waals surface area contributed by atoms with Crippen molar-refractivity contribution in [3.8, 4) is 0 Å². The van der Waals surface area contributed by atoms with Gasteiger partial charge in [-0.05, 0) is 23.3 Å². The first-order valence-electron chi connectivity index (χ1n) is 6.94. The lowest BCUT2D eigenvalue weighted by Gasteiger charge is -2.11. The second-order valence-corrected chi connectivity index (χ2v) is 9.01. The molecule has 0 saturated heterocycles. The van der Waals surface area contributed by atoms with Gasteiger partial charge in [0.1, 0.15) is 9.23 Å². The Hall–Kier alpha value is -1.38. The summed E-state index contributed by atoms with van der Waals surface area (Å²) in [6, 6.07) is 10.8. The summed E-state index contributed by atoms with van der Waals surface area (Å²) in [5.74, 6) is 0. The summed E-state index contributed by atoms with van der Waals surface area (Å²) < 4.78 is 29.6. The van der Waals surface area contributed by atoms with Crippen molar-refractivity contribution in [1.29, 1.82) is 0 Å². The van der Waals surface area contributed by atoms with Gasteiger partial charge in [0.25, 0.3) is 0 Å². The van der Waals surface area contributed by atoms with Crippen molar-refractivity contribution < 1.29 is 8.42 Å². The maximum absolute atomic E-state index is 12.4. The lowest BCUT2D eigenvalue weighted by molar-refractivity contribution is 0.581. The fourth-order valence-corrected chi connectivity index (χ4v) is 5.37. The first-order chi connectivity index (χ1) is 11.5. The molecule has 2 heterocycles. The van der Waals surface area contributed by atoms with Crippen molar-refractivity contribution in [3.05, 3.63) is 68.6 Å². The van der Waals surface area contributed by atoms with Crippen molar-refractivity contribution in [1.82, 2.24) is 14.5 Å². The molecule has 0 spiro atoms. The predicted octanol–water partition coefficient (Wildman–Crippen LogP) is 3.78. The number of benzene rings is 1. The minimum Gasteiger partial charge on any atom is -0.268 e. The summed E-state index contributed by atoms with van der Waals surface area (Å²) in [5, 5.41) is 4.17. The van der Waals surface area contributed by atoms with E-state index in [2.05, 4.69) is 9.82 Å². The Morgan fingerprint density at radius 2 is 1.92 bits per heavy atom. The van der Waals surface area contributed by atoms with Crippen molar-refractivity contribution >= 4 is 44.6 Å². The Bertz CT molecular complexity index is 938. The zero-order valence-corrected chi connectivity index (χ0v) is 15.5. The molecular formula is C15H13Cl2N3O2S2. The van der Waals surface area contributed by atoms with Gasteiger partial charge in [0.15, 0.2) is 0 Å². The molecule has 0 radical (unpaired) electrons. The van der Waals surface area contributed by atoms with Crippen molar-refractivity contribution in [2.45, 2.75) is 18.0 Å². The second-order valence-electron chi connectivity index (χ2n) is 4.99. The largest absolute Gasteiger partial charge is 0.268 e. The van der Waals surface area contributed by atoms with E-state index in [0.29, 0.717) is 10.9 Å². The van der Waals surface area contributed by atoms with Gasteiger partial charge >= 0.3 is 0 Å². The van der Waals surface area contributed by atoms with Crippen molar-refractivity contribution in [3.63, 3.8) is 0 Å². The van der Waals surface area contributed by atoms with Crippen LogP contribution in [0, 0.1) is 0 Å². The van der Waals surface area contributed by atoms with Gasteiger partial charge in [0.2, 0.25) is 10.0 Å². The summed E-state index contributed by atoms with van der Waals surface area (Å²) in [6.45, 7) is 0.722. The lowest BCUT2D eigenvalue weighted by Crippen LogP contribution is -2.24. The highest BCUT2D eigenvalue weighted by atomic mass is 35.5. The van der Waals surface area contributed by atoms with Crippen LogP contribution in [0.25, 0.3) is 0 Å². The number of thiophene rings is 1. The van der Waals surface area contributed by atoms with Crippen LogP contribution in [-0.2, 0) is 23.1 Å². The highest BCUT2D eigenvalue weighted by Gasteiger charge is 2.21. The van der Waals surface area contributed by atoms with Crippen LogP contribution in [0.15, 0.2) is 53.7 Å². The first kappa shape index (κ1) is 17.4. The number of aromatic nitrogens is 2.